The van der Waals surface area contributed by atoms with Crippen molar-refractivity contribution in [3.05, 3.63) is 60.1 Å². The van der Waals surface area contributed by atoms with Crippen molar-refractivity contribution in [1.29, 1.82) is 0 Å². The van der Waals surface area contributed by atoms with Crippen LogP contribution in [-0.4, -0.2) is 25.7 Å². The van der Waals surface area contributed by atoms with Gasteiger partial charge in [0.2, 0.25) is 0 Å². The number of hydrogen-bond acceptors (Lipinski definition) is 5. The van der Waals surface area contributed by atoms with Gasteiger partial charge in [-0.2, -0.15) is 0 Å². The van der Waals surface area contributed by atoms with Crippen molar-refractivity contribution in [1.82, 2.24) is 0 Å². The fraction of sp³-hybridized carbons (Fsp3) is 0.333. The summed E-state index contributed by atoms with van der Waals surface area (Å²) in [5, 5.41) is 0. The van der Waals surface area contributed by atoms with Crippen molar-refractivity contribution in [2.75, 3.05) is 13.7 Å². The van der Waals surface area contributed by atoms with E-state index in [2.05, 4.69) is 13.2 Å². The zero-order chi connectivity index (χ0) is 17.4. The minimum absolute atomic E-state index is 0.0701. The summed E-state index contributed by atoms with van der Waals surface area (Å²) in [6.45, 7) is 10.4. The summed E-state index contributed by atoms with van der Waals surface area (Å²) < 4.78 is 15.5. The van der Waals surface area contributed by atoms with Crippen LogP contribution in [-0.2, 0) is 23.8 Å². The average Bonchev–Trinajstić information content (AvgIpc) is 2.51. The number of rotatable bonds is 7. The van der Waals surface area contributed by atoms with E-state index in [4.69, 9.17) is 14.2 Å². The predicted molar refractivity (Wildman–Crippen MR) is 87.1 cm³/mol. The highest BCUT2D eigenvalue weighted by Crippen LogP contribution is 2.26. The van der Waals surface area contributed by atoms with Crippen LogP contribution in [0.1, 0.15) is 20.3 Å². The molecule has 5 heteroatoms. The zero-order valence-electron chi connectivity index (χ0n) is 13.8. The monoisotopic (exact) mass is 318 g/mol. The Bertz CT molecular complexity index is 593. The number of esters is 2. The number of methoxy groups -OCH3 is 1. The molecule has 0 radical (unpaired) electrons. The molecule has 0 bridgehead atoms. The highest BCUT2D eigenvalue weighted by atomic mass is 16.6. The second-order valence-corrected chi connectivity index (χ2v) is 5.20. The van der Waals surface area contributed by atoms with Crippen LogP contribution in [0.5, 0.6) is 0 Å². The third-order valence-corrected chi connectivity index (χ3v) is 3.03. The lowest BCUT2D eigenvalue weighted by Crippen LogP contribution is -2.11. The molecule has 0 N–H and O–H groups in total. The number of carbonyl (C=O) groups excluding carboxylic acids is 2. The molecule has 0 heterocycles. The molecule has 0 aromatic rings. The van der Waals surface area contributed by atoms with Crippen molar-refractivity contribution in [2.24, 2.45) is 5.92 Å². The number of hydrogen-bond donors (Lipinski definition) is 0. The predicted octanol–water partition coefficient (Wildman–Crippen LogP) is 3.22. The van der Waals surface area contributed by atoms with E-state index in [0.717, 1.165) is 0 Å². The molecule has 0 aliphatic heterocycles. The summed E-state index contributed by atoms with van der Waals surface area (Å²) in [5.41, 5.74) is 0.687. The van der Waals surface area contributed by atoms with E-state index in [1.165, 1.54) is 7.11 Å². The van der Waals surface area contributed by atoms with Crippen LogP contribution in [0.2, 0.25) is 0 Å². The molecule has 0 saturated carbocycles. The van der Waals surface area contributed by atoms with Crippen LogP contribution >= 0.6 is 0 Å². The van der Waals surface area contributed by atoms with Crippen molar-refractivity contribution in [3.8, 4) is 0 Å². The molecule has 124 valence electrons. The molecule has 5 nitrogen and oxygen atoms in total. The number of allylic oxidation sites excluding steroid dienone is 4. The molecule has 0 saturated heterocycles. The third kappa shape index (κ3) is 5.98. The Morgan fingerprint density at radius 1 is 1.26 bits per heavy atom. The molecular formula is C18H22O5. The summed E-state index contributed by atoms with van der Waals surface area (Å²) in [6, 6.07) is 0. The second-order valence-electron chi connectivity index (χ2n) is 5.20. The van der Waals surface area contributed by atoms with Gasteiger partial charge in [0.25, 0.3) is 0 Å². The van der Waals surface area contributed by atoms with Crippen molar-refractivity contribution in [3.63, 3.8) is 0 Å². The molecule has 1 aliphatic rings. The number of carbonyl (C=O) groups is 2. The van der Waals surface area contributed by atoms with E-state index in [9.17, 15) is 9.59 Å². The molecule has 0 aromatic carbocycles. The van der Waals surface area contributed by atoms with Gasteiger partial charge in [-0.15, -0.1) is 0 Å². The molecule has 0 aromatic heterocycles. The van der Waals surface area contributed by atoms with Gasteiger partial charge < -0.3 is 14.2 Å². The van der Waals surface area contributed by atoms with Gasteiger partial charge in [-0.25, -0.2) is 9.59 Å². The van der Waals surface area contributed by atoms with E-state index in [1.54, 1.807) is 26.0 Å². The molecule has 0 amide bonds. The van der Waals surface area contributed by atoms with E-state index >= 15 is 0 Å². The largest absolute Gasteiger partial charge is 0.497 e. The van der Waals surface area contributed by atoms with Gasteiger partial charge in [0.05, 0.1) is 7.11 Å². The number of ether oxygens (including phenoxy) is 3. The SMILES string of the molecule is C=C(C)C(=O)OC/C=C/C1C=CC(OC(=O)C(=C)C)=C(OC)C1. The van der Waals surface area contributed by atoms with Crippen LogP contribution in [0.3, 0.4) is 0 Å². The van der Waals surface area contributed by atoms with Gasteiger partial charge in [0, 0.05) is 23.5 Å². The smallest absolute Gasteiger partial charge is 0.338 e. The fourth-order valence-corrected chi connectivity index (χ4v) is 1.76. The lowest BCUT2D eigenvalue weighted by molar-refractivity contribution is -0.137. The first-order valence-electron chi connectivity index (χ1n) is 7.17. The van der Waals surface area contributed by atoms with Crippen molar-refractivity contribution >= 4 is 11.9 Å². The molecule has 1 aliphatic carbocycles. The van der Waals surface area contributed by atoms with Crippen molar-refractivity contribution in [2.45, 2.75) is 20.3 Å². The van der Waals surface area contributed by atoms with Gasteiger partial charge in [0.15, 0.2) is 5.76 Å². The van der Waals surface area contributed by atoms with E-state index in [1.807, 2.05) is 12.2 Å². The lowest BCUT2D eigenvalue weighted by atomic mass is 9.98. The van der Waals surface area contributed by atoms with Gasteiger partial charge in [-0.3, -0.25) is 0 Å². The highest BCUT2D eigenvalue weighted by molar-refractivity contribution is 5.88. The molecule has 0 fully saturated rings. The molecule has 23 heavy (non-hydrogen) atoms. The Balaban J connectivity index is 2.59. The van der Waals surface area contributed by atoms with Gasteiger partial charge >= 0.3 is 11.9 Å². The minimum atomic E-state index is -0.486. The molecule has 1 unspecified atom stereocenters. The van der Waals surface area contributed by atoms with E-state index < -0.39 is 11.9 Å². The molecule has 1 atom stereocenters. The maximum Gasteiger partial charge on any atom is 0.338 e. The summed E-state index contributed by atoms with van der Waals surface area (Å²) in [6.07, 6.45) is 7.79. The first-order chi connectivity index (χ1) is 10.8. The summed E-state index contributed by atoms with van der Waals surface area (Å²) in [4.78, 5) is 22.8. The Kier molecular flexibility index (Phi) is 7.06. The average molecular weight is 318 g/mol. The van der Waals surface area contributed by atoms with Crippen LogP contribution < -0.4 is 0 Å². The molecule has 1 rings (SSSR count). The Morgan fingerprint density at radius 3 is 2.48 bits per heavy atom. The van der Waals surface area contributed by atoms with Gasteiger partial charge in [0.1, 0.15) is 12.4 Å². The normalized spacial score (nSPS) is 17.1. The highest BCUT2D eigenvalue weighted by Gasteiger charge is 2.19. The van der Waals surface area contributed by atoms with Crippen molar-refractivity contribution < 1.29 is 23.8 Å². The maximum absolute atomic E-state index is 11.6. The van der Waals surface area contributed by atoms with Gasteiger partial charge in [-0.1, -0.05) is 31.4 Å². The second kappa shape index (κ2) is 8.78. The molecular weight excluding hydrogens is 296 g/mol. The first kappa shape index (κ1) is 18.5. The standard InChI is InChI=1S/C18H22O5/c1-12(2)17(19)22-10-6-7-14-8-9-15(16(11-14)21-5)23-18(20)13(3)4/h6-9,14H,1,3,10-11H2,2,4-5H3/b7-6+. The lowest BCUT2D eigenvalue weighted by Gasteiger charge is -2.19. The summed E-state index contributed by atoms with van der Waals surface area (Å²) >= 11 is 0. The zero-order valence-corrected chi connectivity index (χ0v) is 13.8. The quantitative estimate of drug-likeness (QED) is 0.410. The first-order valence-corrected chi connectivity index (χ1v) is 7.17. The third-order valence-electron chi connectivity index (χ3n) is 3.03. The fourth-order valence-electron chi connectivity index (χ4n) is 1.76. The summed E-state index contributed by atoms with van der Waals surface area (Å²) in [7, 11) is 1.53. The Morgan fingerprint density at radius 2 is 1.91 bits per heavy atom. The van der Waals surface area contributed by atoms with Crippen LogP contribution in [0.25, 0.3) is 0 Å². The Hall–Kier alpha value is -2.56. The van der Waals surface area contributed by atoms with Crippen LogP contribution in [0.4, 0.5) is 0 Å². The van der Waals surface area contributed by atoms with Crippen LogP contribution in [0.15, 0.2) is 60.1 Å². The van der Waals surface area contributed by atoms with Crippen LogP contribution in [0, 0.1) is 5.92 Å². The van der Waals surface area contributed by atoms with Gasteiger partial charge in [-0.05, 0) is 19.9 Å². The molecule has 0 spiro atoms. The topological polar surface area (TPSA) is 61.8 Å². The maximum atomic E-state index is 11.6. The van der Waals surface area contributed by atoms with E-state index in [-0.39, 0.29) is 12.5 Å². The minimum Gasteiger partial charge on any atom is -0.497 e. The Labute approximate surface area is 136 Å². The van der Waals surface area contributed by atoms with E-state index in [0.29, 0.717) is 29.1 Å². The summed E-state index contributed by atoms with van der Waals surface area (Å²) in [5.74, 6) is 0.135.